The molecule has 9 nitrogen and oxygen atoms in total. The summed E-state index contributed by atoms with van der Waals surface area (Å²) in [6, 6.07) is 7.32. The van der Waals surface area contributed by atoms with E-state index in [1.807, 2.05) is 19.9 Å². The van der Waals surface area contributed by atoms with Crippen LogP contribution in [0.1, 0.15) is 52.4 Å². The van der Waals surface area contributed by atoms with Gasteiger partial charge in [0.1, 0.15) is 18.2 Å². The fourth-order valence-corrected chi connectivity index (χ4v) is 9.17. The number of carboxylic acids is 1. The smallest absolute Gasteiger partial charge is 0.401 e. The van der Waals surface area contributed by atoms with E-state index >= 15 is 0 Å². The van der Waals surface area contributed by atoms with Gasteiger partial charge in [-0.05, 0) is 76.8 Å². The number of carbonyl (C=O) groups is 1. The highest BCUT2D eigenvalue weighted by molar-refractivity contribution is 7.18. The van der Waals surface area contributed by atoms with Crippen molar-refractivity contribution < 1.29 is 27.8 Å². The lowest BCUT2D eigenvalue weighted by molar-refractivity contribution is -0.162. The third-order valence-corrected chi connectivity index (χ3v) is 11.4. The number of aromatic nitrogens is 3. The monoisotopic (exact) mass is 715 g/mol. The van der Waals surface area contributed by atoms with Crippen molar-refractivity contribution in [1.29, 1.82) is 0 Å². The van der Waals surface area contributed by atoms with Crippen molar-refractivity contribution in [3.05, 3.63) is 73.4 Å². The van der Waals surface area contributed by atoms with Gasteiger partial charge in [-0.1, -0.05) is 11.6 Å². The molecule has 260 valence electrons. The van der Waals surface area contributed by atoms with Crippen molar-refractivity contribution >= 4 is 39.1 Å². The average Bonchev–Trinajstić information content (AvgIpc) is 3.45. The lowest BCUT2D eigenvalue weighted by atomic mass is 9.71. The van der Waals surface area contributed by atoms with Gasteiger partial charge in [0.15, 0.2) is 0 Å². The number of halogens is 4. The van der Waals surface area contributed by atoms with Crippen molar-refractivity contribution in [2.45, 2.75) is 64.7 Å². The minimum absolute atomic E-state index is 0.0809. The normalized spacial score (nSPS) is 19.6. The van der Waals surface area contributed by atoms with Crippen LogP contribution >= 0.6 is 22.9 Å². The first-order chi connectivity index (χ1) is 23.3. The molecule has 0 unspecified atom stereocenters. The van der Waals surface area contributed by atoms with Crippen molar-refractivity contribution in [1.82, 2.24) is 24.3 Å². The van der Waals surface area contributed by atoms with Crippen LogP contribution in [0, 0.1) is 19.3 Å². The topological polar surface area (TPSA) is 101 Å². The maximum absolute atomic E-state index is 13.9. The molecule has 1 spiro atoms. The van der Waals surface area contributed by atoms with E-state index < -0.39 is 18.7 Å². The van der Waals surface area contributed by atoms with Crippen LogP contribution in [-0.4, -0.2) is 87.0 Å². The first-order valence-corrected chi connectivity index (χ1v) is 17.7. The van der Waals surface area contributed by atoms with Crippen LogP contribution in [0.25, 0.3) is 21.3 Å². The number of nitrogens with zero attached hydrogens (tertiary/aromatic N) is 5. The summed E-state index contributed by atoms with van der Waals surface area (Å²) in [7, 11) is 0. The Hall–Kier alpha value is -3.52. The van der Waals surface area contributed by atoms with Gasteiger partial charge in [0.05, 0.1) is 34.6 Å². The summed E-state index contributed by atoms with van der Waals surface area (Å²) in [6.45, 7) is 5.71. The first-order valence-electron chi connectivity index (χ1n) is 16.5. The standard InChI is InChI=1S/C35H37ClF3N5O4S/c1-20-12-25(31-30(40-20)27(15-49-31)33(46)47)24-13-22(36)4-7-29(24)48-11-10-44-21(2)41-28-6-5-23(14-26(28)32(44)45)43-17-34(18-43)8-3-9-42(16-34)19-35(37,38)39/h4,7,12-13,15,23H,3,5-6,8-11,14,16-19H2,1-2H3,(H,46,47)/t23-/m1/s1. The number of fused-ring (bicyclic) bond motifs is 2. The predicted molar refractivity (Wildman–Crippen MR) is 182 cm³/mol. The van der Waals surface area contributed by atoms with Crippen molar-refractivity contribution in [2.75, 3.05) is 39.3 Å². The summed E-state index contributed by atoms with van der Waals surface area (Å²) < 4.78 is 47.8. The molecule has 5 heterocycles. The van der Waals surface area contributed by atoms with E-state index in [4.69, 9.17) is 21.3 Å². The molecule has 7 rings (SSSR count). The zero-order valence-electron chi connectivity index (χ0n) is 27.3. The Morgan fingerprint density at radius 1 is 1.16 bits per heavy atom. The number of ether oxygens (including phenoxy) is 1. The summed E-state index contributed by atoms with van der Waals surface area (Å²) >= 11 is 7.71. The highest BCUT2D eigenvalue weighted by Crippen LogP contribution is 2.43. The number of piperidine rings is 1. The van der Waals surface area contributed by atoms with E-state index in [9.17, 15) is 27.9 Å². The number of aromatic carboxylic acids is 1. The molecule has 3 aliphatic rings. The van der Waals surface area contributed by atoms with Crippen LogP contribution in [0.2, 0.25) is 5.02 Å². The van der Waals surface area contributed by atoms with Gasteiger partial charge < -0.3 is 9.84 Å². The van der Waals surface area contributed by atoms with E-state index in [1.165, 1.54) is 11.3 Å². The molecule has 4 aromatic rings. The second-order valence-electron chi connectivity index (χ2n) is 13.7. The summed E-state index contributed by atoms with van der Waals surface area (Å²) in [5.74, 6) is 0.114. The maximum atomic E-state index is 13.9. The lowest BCUT2D eigenvalue weighted by Gasteiger charge is -2.57. The van der Waals surface area contributed by atoms with Gasteiger partial charge in [0.25, 0.3) is 5.56 Å². The molecule has 14 heteroatoms. The molecule has 1 N–H and O–H groups in total. The van der Waals surface area contributed by atoms with E-state index in [2.05, 4.69) is 9.88 Å². The first kappa shape index (κ1) is 34.0. The number of hydrogen-bond acceptors (Lipinski definition) is 8. The number of pyridine rings is 1. The molecule has 0 bridgehead atoms. The minimum Gasteiger partial charge on any atom is -0.491 e. The van der Waals surface area contributed by atoms with E-state index in [-0.39, 0.29) is 35.7 Å². The van der Waals surface area contributed by atoms with Gasteiger partial charge in [0.2, 0.25) is 0 Å². The number of likely N-dealkylation sites (tertiary alicyclic amines) is 2. The molecule has 1 aromatic carbocycles. The summed E-state index contributed by atoms with van der Waals surface area (Å²) in [6.07, 6.45) is -0.344. The number of alkyl halides is 3. The summed E-state index contributed by atoms with van der Waals surface area (Å²) in [5.41, 5.74) is 4.03. The predicted octanol–water partition coefficient (Wildman–Crippen LogP) is 6.38. The Labute approximate surface area is 290 Å². The molecule has 2 saturated heterocycles. The molecule has 0 saturated carbocycles. The Morgan fingerprint density at radius 3 is 2.71 bits per heavy atom. The lowest BCUT2D eigenvalue weighted by Crippen LogP contribution is -2.66. The molecule has 2 aliphatic heterocycles. The van der Waals surface area contributed by atoms with Crippen LogP contribution in [0.15, 0.2) is 34.4 Å². The second-order valence-corrected chi connectivity index (χ2v) is 15.0. The molecular weight excluding hydrogens is 679 g/mol. The third-order valence-electron chi connectivity index (χ3n) is 10.1. The number of thiophene rings is 1. The molecule has 1 atom stereocenters. The second kappa shape index (κ2) is 13.0. The molecule has 0 amide bonds. The Balaban J connectivity index is 1.05. The largest absolute Gasteiger partial charge is 0.491 e. The van der Waals surface area contributed by atoms with Gasteiger partial charge in [0, 0.05) is 63.9 Å². The number of hydrogen-bond donors (Lipinski definition) is 1. The van der Waals surface area contributed by atoms with E-state index in [0.717, 1.165) is 43.6 Å². The van der Waals surface area contributed by atoms with Crippen LogP contribution < -0.4 is 10.3 Å². The van der Waals surface area contributed by atoms with Gasteiger partial charge >= 0.3 is 12.1 Å². The maximum Gasteiger partial charge on any atom is 0.401 e. The molecule has 49 heavy (non-hydrogen) atoms. The van der Waals surface area contributed by atoms with Gasteiger partial charge in [-0.2, -0.15) is 13.2 Å². The average molecular weight is 716 g/mol. The molecule has 2 fully saturated rings. The Kier molecular flexibility index (Phi) is 9.00. The van der Waals surface area contributed by atoms with Crippen LogP contribution in [-0.2, 0) is 19.4 Å². The van der Waals surface area contributed by atoms with Crippen molar-refractivity contribution in [3.63, 3.8) is 0 Å². The Bertz CT molecular complexity index is 1990. The SMILES string of the molecule is Cc1cc(-c2cc(Cl)ccc2OCCn2c(C)nc3c(c2=O)C[C@H](N2CC4(CCCN(CC(F)(F)F)C4)C2)CC3)c2scc(C(=O)O)c2n1. The van der Waals surface area contributed by atoms with Crippen molar-refractivity contribution in [2.24, 2.45) is 5.41 Å². The molecule has 1 aliphatic carbocycles. The van der Waals surface area contributed by atoms with Gasteiger partial charge in [-0.15, -0.1) is 11.3 Å². The van der Waals surface area contributed by atoms with E-state index in [1.54, 1.807) is 33.0 Å². The minimum atomic E-state index is -4.19. The number of benzene rings is 1. The zero-order chi connectivity index (χ0) is 34.7. The molecule has 3 aromatic heterocycles. The highest BCUT2D eigenvalue weighted by atomic mass is 35.5. The van der Waals surface area contributed by atoms with Gasteiger partial charge in [-0.25, -0.2) is 9.78 Å². The van der Waals surface area contributed by atoms with Gasteiger partial charge in [-0.3, -0.25) is 24.1 Å². The number of carboxylic acid groups (broad SMARTS) is 1. The quantitative estimate of drug-likeness (QED) is 0.224. The number of aryl methyl sites for hydroxylation is 3. The fraction of sp³-hybridized carbons (Fsp3) is 0.486. The number of rotatable bonds is 8. The molecule has 0 radical (unpaired) electrons. The zero-order valence-corrected chi connectivity index (χ0v) is 28.8. The van der Waals surface area contributed by atoms with Crippen molar-refractivity contribution in [3.8, 4) is 16.9 Å². The summed E-state index contributed by atoms with van der Waals surface area (Å²) in [5, 5.41) is 11.7. The highest BCUT2D eigenvalue weighted by Gasteiger charge is 2.49. The summed E-state index contributed by atoms with van der Waals surface area (Å²) in [4.78, 5) is 38.9. The van der Waals surface area contributed by atoms with Crippen LogP contribution in [0.5, 0.6) is 5.75 Å². The van der Waals surface area contributed by atoms with Crippen LogP contribution in [0.3, 0.4) is 0 Å². The van der Waals surface area contributed by atoms with Crippen LogP contribution in [0.4, 0.5) is 13.2 Å². The third kappa shape index (κ3) is 6.82. The fourth-order valence-electron chi connectivity index (χ4n) is 7.99. The Morgan fingerprint density at radius 2 is 1.96 bits per heavy atom. The van der Waals surface area contributed by atoms with E-state index in [0.29, 0.717) is 69.6 Å². The molecular formula is C35H37ClF3N5O4S.